The molecule has 3 amide bonds. The SMILES string of the molecule is CCCCNC(=O)N1CCN(c2cc(Cl)nc(SCC(=O)N3CCN(Cc4ccc5c(c4)OCO5)CC3)n2)CC1C. The second-order valence-corrected chi connectivity index (χ2v) is 11.9. The third kappa shape index (κ3) is 7.66. The van der Waals surface area contributed by atoms with Crippen molar-refractivity contribution in [3.63, 3.8) is 0 Å². The molecule has 4 heterocycles. The van der Waals surface area contributed by atoms with Crippen LogP contribution in [0.15, 0.2) is 29.4 Å². The maximum absolute atomic E-state index is 13.0. The van der Waals surface area contributed by atoms with Crippen LogP contribution in [-0.4, -0.2) is 108 Å². The predicted octanol–water partition coefficient (Wildman–Crippen LogP) is 3.32. The Kier molecular flexibility index (Phi) is 9.94. The van der Waals surface area contributed by atoms with Crippen molar-refractivity contribution in [2.24, 2.45) is 0 Å². The molecule has 1 aromatic heterocycles. The molecule has 1 atom stereocenters. The normalized spacial score (nSPS) is 19.0. The highest BCUT2D eigenvalue weighted by atomic mass is 35.5. The number of unbranched alkanes of at least 4 members (excludes halogenated alkanes) is 1. The van der Waals surface area contributed by atoms with Gasteiger partial charge in [0.1, 0.15) is 11.0 Å². The number of carbonyl (C=O) groups excluding carboxylic acids is 2. The average molecular weight is 604 g/mol. The lowest BCUT2D eigenvalue weighted by molar-refractivity contribution is -0.130. The van der Waals surface area contributed by atoms with Gasteiger partial charge < -0.3 is 29.5 Å². The number of rotatable bonds is 9. The van der Waals surface area contributed by atoms with E-state index in [1.807, 2.05) is 28.9 Å². The number of nitrogens with one attached hydrogen (secondary N) is 1. The van der Waals surface area contributed by atoms with Gasteiger partial charge >= 0.3 is 6.03 Å². The smallest absolute Gasteiger partial charge is 0.317 e. The van der Waals surface area contributed by atoms with Crippen LogP contribution in [0.25, 0.3) is 0 Å². The highest BCUT2D eigenvalue weighted by Crippen LogP contribution is 2.33. The number of carbonyl (C=O) groups is 2. The summed E-state index contributed by atoms with van der Waals surface area (Å²) in [5, 5.41) is 3.83. The van der Waals surface area contributed by atoms with Crippen LogP contribution >= 0.6 is 23.4 Å². The molecule has 41 heavy (non-hydrogen) atoms. The largest absolute Gasteiger partial charge is 0.454 e. The van der Waals surface area contributed by atoms with Crippen LogP contribution in [0.1, 0.15) is 32.3 Å². The van der Waals surface area contributed by atoms with E-state index in [0.29, 0.717) is 49.6 Å². The van der Waals surface area contributed by atoms with Crippen LogP contribution in [0, 0.1) is 0 Å². The number of benzene rings is 1. The second-order valence-electron chi connectivity index (χ2n) is 10.5. The van der Waals surface area contributed by atoms with Gasteiger partial charge in [0.2, 0.25) is 12.7 Å². The molecule has 3 aliphatic heterocycles. The van der Waals surface area contributed by atoms with E-state index in [9.17, 15) is 9.59 Å². The van der Waals surface area contributed by atoms with Crippen LogP contribution < -0.4 is 19.7 Å². The van der Waals surface area contributed by atoms with Gasteiger partial charge in [0.25, 0.3) is 0 Å². The van der Waals surface area contributed by atoms with Crippen molar-refractivity contribution in [2.45, 2.75) is 44.4 Å². The number of thioether (sulfide) groups is 1. The molecule has 0 bridgehead atoms. The molecular weight excluding hydrogens is 566 g/mol. The van der Waals surface area contributed by atoms with Gasteiger partial charge in [-0.25, -0.2) is 14.8 Å². The van der Waals surface area contributed by atoms with Gasteiger partial charge in [-0.1, -0.05) is 42.8 Å². The van der Waals surface area contributed by atoms with Crippen molar-refractivity contribution in [1.29, 1.82) is 0 Å². The molecule has 1 unspecified atom stereocenters. The fourth-order valence-corrected chi connectivity index (χ4v) is 6.21. The molecule has 3 aliphatic rings. The quantitative estimate of drug-likeness (QED) is 0.200. The van der Waals surface area contributed by atoms with Crippen molar-refractivity contribution < 1.29 is 19.1 Å². The minimum Gasteiger partial charge on any atom is -0.454 e. The van der Waals surface area contributed by atoms with E-state index in [-0.39, 0.29) is 30.5 Å². The van der Waals surface area contributed by atoms with Crippen LogP contribution in [-0.2, 0) is 11.3 Å². The van der Waals surface area contributed by atoms with Crippen molar-refractivity contribution >= 4 is 41.1 Å². The molecule has 0 radical (unpaired) electrons. The Morgan fingerprint density at radius 3 is 2.66 bits per heavy atom. The number of halogens is 1. The first-order valence-electron chi connectivity index (χ1n) is 14.2. The standard InChI is InChI=1S/C28H38ClN7O4S/c1-3-4-7-30-28(38)36-13-12-35(16-20(36)2)25-15-24(29)31-27(32-25)41-18-26(37)34-10-8-33(9-11-34)17-21-5-6-22-23(14-21)40-19-39-22/h5-6,14-15,20H,3-4,7-13,16-19H2,1-2H3,(H,30,38). The van der Waals surface area contributed by atoms with Crippen LogP contribution in [0.5, 0.6) is 11.5 Å². The number of hydrogen-bond acceptors (Lipinski definition) is 9. The van der Waals surface area contributed by atoms with Crippen molar-refractivity contribution in [3.05, 3.63) is 35.0 Å². The zero-order valence-electron chi connectivity index (χ0n) is 23.7. The summed E-state index contributed by atoms with van der Waals surface area (Å²) < 4.78 is 10.9. The third-order valence-electron chi connectivity index (χ3n) is 7.57. The minimum absolute atomic E-state index is 0.0187. The van der Waals surface area contributed by atoms with Gasteiger partial charge in [-0.05, 0) is 31.0 Å². The summed E-state index contributed by atoms with van der Waals surface area (Å²) in [5.41, 5.74) is 1.17. The summed E-state index contributed by atoms with van der Waals surface area (Å²) in [6.45, 7) is 10.8. The molecule has 1 N–H and O–H groups in total. The molecule has 2 fully saturated rings. The number of urea groups is 1. The number of anilines is 1. The van der Waals surface area contributed by atoms with Crippen LogP contribution in [0.4, 0.5) is 10.6 Å². The summed E-state index contributed by atoms with van der Waals surface area (Å²) in [4.78, 5) is 42.8. The zero-order valence-corrected chi connectivity index (χ0v) is 25.3. The number of fused-ring (bicyclic) bond motifs is 1. The van der Waals surface area contributed by atoms with Gasteiger partial charge in [0.15, 0.2) is 16.7 Å². The van der Waals surface area contributed by atoms with E-state index in [1.165, 1.54) is 17.3 Å². The first kappa shape index (κ1) is 29.5. The molecule has 13 heteroatoms. The van der Waals surface area contributed by atoms with Gasteiger partial charge in [-0.15, -0.1) is 0 Å². The lowest BCUT2D eigenvalue weighted by atomic mass is 10.1. The van der Waals surface area contributed by atoms with E-state index in [2.05, 4.69) is 33.1 Å². The maximum atomic E-state index is 13.0. The molecule has 0 aliphatic carbocycles. The highest BCUT2D eigenvalue weighted by Gasteiger charge is 2.29. The monoisotopic (exact) mass is 603 g/mol. The van der Waals surface area contributed by atoms with Crippen molar-refractivity contribution in [3.8, 4) is 11.5 Å². The third-order valence-corrected chi connectivity index (χ3v) is 8.60. The highest BCUT2D eigenvalue weighted by molar-refractivity contribution is 7.99. The summed E-state index contributed by atoms with van der Waals surface area (Å²) in [6, 6.07) is 7.80. The molecule has 1 aromatic carbocycles. The lowest BCUT2D eigenvalue weighted by Crippen LogP contribution is -2.56. The Balaban J connectivity index is 1.08. The summed E-state index contributed by atoms with van der Waals surface area (Å²) >= 11 is 7.66. The van der Waals surface area contributed by atoms with Gasteiger partial charge in [0, 0.05) is 71.0 Å². The number of amides is 3. The number of hydrogen-bond donors (Lipinski definition) is 1. The Labute approximate surface area is 250 Å². The Hall–Kier alpha value is -2.96. The van der Waals surface area contributed by atoms with Gasteiger partial charge in [-0.2, -0.15) is 0 Å². The molecule has 222 valence electrons. The lowest BCUT2D eigenvalue weighted by Gasteiger charge is -2.40. The number of nitrogens with zero attached hydrogens (tertiary/aromatic N) is 6. The Morgan fingerprint density at radius 1 is 1.07 bits per heavy atom. The maximum Gasteiger partial charge on any atom is 0.317 e. The van der Waals surface area contributed by atoms with E-state index in [4.69, 9.17) is 26.1 Å². The molecule has 2 saturated heterocycles. The number of piperazine rings is 2. The van der Waals surface area contributed by atoms with Crippen LogP contribution in [0.3, 0.4) is 0 Å². The van der Waals surface area contributed by atoms with Crippen LogP contribution in [0.2, 0.25) is 5.15 Å². The molecule has 5 rings (SSSR count). The summed E-state index contributed by atoms with van der Waals surface area (Å²) in [6.07, 6.45) is 2.02. The van der Waals surface area contributed by atoms with Crippen molar-refractivity contribution in [2.75, 3.05) is 69.8 Å². The first-order chi connectivity index (χ1) is 19.9. The Bertz CT molecular complexity index is 1230. The second kappa shape index (κ2) is 13.8. The fraction of sp³-hybridized carbons (Fsp3) is 0.571. The molecule has 2 aromatic rings. The van der Waals surface area contributed by atoms with Gasteiger partial charge in [-0.3, -0.25) is 9.69 Å². The van der Waals surface area contributed by atoms with E-state index in [0.717, 1.165) is 49.8 Å². The molecule has 0 spiro atoms. The topological polar surface area (TPSA) is 103 Å². The molecule has 0 saturated carbocycles. The first-order valence-corrected chi connectivity index (χ1v) is 15.6. The van der Waals surface area contributed by atoms with Gasteiger partial charge in [0.05, 0.1) is 5.75 Å². The molecule has 11 nitrogen and oxygen atoms in total. The van der Waals surface area contributed by atoms with E-state index < -0.39 is 0 Å². The molecular formula is C28H38ClN7O4S. The summed E-state index contributed by atoms with van der Waals surface area (Å²) in [5.74, 6) is 2.62. The number of ether oxygens (including phenoxy) is 2. The zero-order chi connectivity index (χ0) is 28.8. The predicted molar refractivity (Wildman–Crippen MR) is 159 cm³/mol. The number of aromatic nitrogens is 2. The fourth-order valence-electron chi connectivity index (χ4n) is 5.22. The average Bonchev–Trinajstić information content (AvgIpc) is 3.44. The van der Waals surface area contributed by atoms with Crippen molar-refractivity contribution in [1.82, 2.24) is 30.0 Å². The minimum atomic E-state index is -0.0187. The van der Waals surface area contributed by atoms with E-state index >= 15 is 0 Å². The van der Waals surface area contributed by atoms with E-state index in [1.54, 1.807) is 6.07 Å². The Morgan fingerprint density at radius 2 is 1.88 bits per heavy atom. The summed E-state index contributed by atoms with van der Waals surface area (Å²) in [7, 11) is 0.